The van der Waals surface area contributed by atoms with E-state index in [0.717, 1.165) is 12.3 Å². The molecule has 1 rings (SSSR count). The van der Waals surface area contributed by atoms with E-state index in [2.05, 4.69) is 5.43 Å². The van der Waals surface area contributed by atoms with E-state index in [1.165, 1.54) is 32.1 Å². The summed E-state index contributed by atoms with van der Waals surface area (Å²) in [7, 11) is 3.30. The van der Waals surface area contributed by atoms with Gasteiger partial charge in [-0.1, -0.05) is 32.1 Å². The van der Waals surface area contributed by atoms with Crippen LogP contribution in [-0.4, -0.2) is 26.6 Å². The van der Waals surface area contributed by atoms with Crippen LogP contribution in [0.1, 0.15) is 38.5 Å². The van der Waals surface area contributed by atoms with Gasteiger partial charge in [-0.2, -0.15) is 0 Å². The van der Waals surface area contributed by atoms with E-state index >= 15 is 0 Å². The molecule has 4 nitrogen and oxygen atoms in total. The maximum Gasteiger partial charge on any atom is 0.173 e. The summed E-state index contributed by atoms with van der Waals surface area (Å²) in [6.07, 6.45) is 7.53. The Labute approximate surface area is 92.5 Å². The Hall–Kier alpha value is -0.160. The molecule has 4 heteroatoms. The normalized spacial score (nSPS) is 20.8. The van der Waals surface area contributed by atoms with Gasteiger partial charge in [-0.25, -0.2) is 0 Å². The SMILES string of the molecule is COC(OC)C(CC1CCCCC1)NN. The third kappa shape index (κ3) is 4.07. The molecule has 1 unspecified atom stereocenters. The molecule has 1 fully saturated rings. The quantitative estimate of drug-likeness (QED) is 0.400. The van der Waals surface area contributed by atoms with Gasteiger partial charge in [0.05, 0.1) is 6.04 Å². The van der Waals surface area contributed by atoms with E-state index in [4.69, 9.17) is 15.3 Å². The van der Waals surface area contributed by atoms with Crippen molar-refractivity contribution in [2.45, 2.75) is 50.9 Å². The molecule has 0 radical (unpaired) electrons. The third-order valence-electron chi connectivity index (χ3n) is 3.32. The minimum Gasteiger partial charge on any atom is -0.354 e. The van der Waals surface area contributed by atoms with Gasteiger partial charge < -0.3 is 9.47 Å². The van der Waals surface area contributed by atoms with Crippen molar-refractivity contribution in [3.8, 4) is 0 Å². The van der Waals surface area contributed by atoms with Crippen molar-refractivity contribution in [1.29, 1.82) is 0 Å². The van der Waals surface area contributed by atoms with E-state index < -0.39 is 0 Å². The van der Waals surface area contributed by atoms with Crippen molar-refractivity contribution < 1.29 is 9.47 Å². The van der Waals surface area contributed by atoms with E-state index in [9.17, 15) is 0 Å². The van der Waals surface area contributed by atoms with Crippen LogP contribution >= 0.6 is 0 Å². The molecule has 15 heavy (non-hydrogen) atoms. The first kappa shape index (κ1) is 12.9. The Bertz CT molecular complexity index is 157. The zero-order chi connectivity index (χ0) is 11.1. The van der Waals surface area contributed by atoms with Crippen LogP contribution in [0.15, 0.2) is 0 Å². The van der Waals surface area contributed by atoms with Gasteiger partial charge >= 0.3 is 0 Å². The molecule has 1 saturated carbocycles. The van der Waals surface area contributed by atoms with Crippen LogP contribution in [-0.2, 0) is 9.47 Å². The standard InChI is InChI=1S/C11H24N2O2/c1-14-11(15-2)10(13-12)8-9-6-4-3-5-7-9/h9-11,13H,3-8,12H2,1-2H3. The summed E-state index contributed by atoms with van der Waals surface area (Å²) in [4.78, 5) is 0. The lowest BCUT2D eigenvalue weighted by atomic mass is 9.85. The van der Waals surface area contributed by atoms with Crippen LogP contribution < -0.4 is 11.3 Å². The average molecular weight is 216 g/mol. The number of nitrogens with one attached hydrogen (secondary N) is 1. The summed E-state index contributed by atoms with van der Waals surface area (Å²) in [5.41, 5.74) is 2.80. The summed E-state index contributed by atoms with van der Waals surface area (Å²) >= 11 is 0. The van der Waals surface area contributed by atoms with Crippen LogP contribution in [0.4, 0.5) is 0 Å². The van der Waals surface area contributed by atoms with Gasteiger partial charge in [-0.3, -0.25) is 11.3 Å². The van der Waals surface area contributed by atoms with Crippen molar-refractivity contribution in [3.63, 3.8) is 0 Å². The van der Waals surface area contributed by atoms with Crippen LogP contribution in [0.5, 0.6) is 0 Å². The van der Waals surface area contributed by atoms with Gasteiger partial charge in [-0.15, -0.1) is 0 Å². The Balaban J connectivity index is 2.36. The summed E-state index contributed by atoms with van der Waals surface area (Å²) in [6.45, 7) is 0. The lowest BCUT2D eigenvalue weighted by Gasteiger charge is -2.29. The highest BCUT2D eigenvalue weighted by atomic mass is 16.7. The van der Waals surface area contributed by atoms with Crippen molar-refractivity contribution in [2.75, 3.05) is 14.2 Å². The Morgan fingerprint density at radius 1 is 1.20 bits per heavy atom. The van der Waals surface area contributed by atoms with Crippen molar-refractivity contribution in [2.24, 2.45) is 11.8 Å². The Kier molecular flexibility index (Phi) is 6.17. The molecular weight excluding hydrogens is 192 g/mol. The molecule has 90 valence electrons. The largest absolute Gasteiger partial charge is 0.354 e. The number of hydrogen-bond acceptors (Lipinski definition) is 4. The third-order valence-corrected chi connectivity index (χ3v) is 3.32. The van der Waals surface area contributed by atoms with Gasteiger partial charge in [0.2, 0.25) is 0 Å². The molecule has 0 amide bonds. The molecule has 0 aromatic rings. The fourth-order valence-corrected chi connectivity index (χ4v) is 2.46. The number of hydrogen-bond donors (Lipinski definition) is 2. The molecule has 0 aromatic heterocycles. The van der Waals surface area contributed by atoms with Crippen molar-refractivity contribution >= 4 is 0 Å². The first-order valence-electron chi connectivity index (χ1n) is 5.83. The molecule has 3 N–H and O–H groups in total. The van der Waals surface area contributed by atoms with Crippen LogP contribution in [0.25, 0.3) is 0 Å². The molecule has 0 saturated heterocycles. The molecule has 0 spiro atoms. The maximum atomic E-state index is 5.53. The first-order chi connectivity index (χ1) is 7.31. The Morgan fingerprint density at radius 2 is 1.80 bits per heavy atom. The molecule has 1 aliphatic rings. The van der Waals surface area contributed by atoms with E-state index in [0.29, 0.717) is 0 Å². The topological polar surface area (TPSA) is 56.5 Å². The molecule has 1 atom stereocenters. The lowest BCUT2D eigenvalue weighted by Crippen LogP contribution is -2.46. The maximum absolute atomic E-state index is 5.53. The number of rotatable bonds is 6. The monoisotopic (exact) mass is 216 g/mol. The predicted molar refractivity (Wildman–Crippen MR) is 60.1 cm³/mol. The second kappa shape index (κ2) is 7.17. The molecule has 0 aromatic carbocycles. The smallest absolute Gasteiger partial charge is 0.173 e. The van der Waals surface area contributed by atoms with Gasteiger partial charge in [0, 0.05) is 14.2 Å². The van der Waals surface area contributed by atoms with E-state index in [1.807, 2.05) is 0 Å². The minimum atomic E-state index is -0.239. The average Bonchev–Trinajstić information content (AvgIpc) is 2.30. The molecule has 0 heterocycles. The fraction of sp³-hybridized carbons (Fsp3) is 1.00. The van der Waals surface area contributed by atoms with Crippen LogP contribution in [0.2, 0.25) is 0 Å². The number of hydrazine groups is 1. The van der Waals surface area contributed by atoms with Gasteiger partial charge in [-0.05, 0) is 12.3 Å². The predicted octanol–water partition coefficient (Wildman–Crippen LogP) is 1.41. The van der Waals surface area contributed by atoms with Crippen LogP contribution in [0.3, 0.4) is 0 Å². The molecule has 0 bridgehead atoms. The van der Waals surface area contributed by atoms with Gasteiger partial charge in [0.25, 0.3) is 0 Å². The first-order valence-corrected chi connectivity index (χ1v) is 5.83. The summed E-state index contributed by atoms with van der Waals surface area (Å²) in [5, 5.41) is 0. The number of methoxy groups -OCH3 is 2. The van der Waals surface area contributed by atoms with Crippen molar-refractivity contribution in [1.82, 2.24) is 5.43 Å². The summed E-state index contributed by atoms with van der Waals surface area (Å²) < 4.78 is 10.5. The highest BCUT2D eigenvalue weighted by Gasteiger charge is 2.24. The van der Waals surface area contributed by atoms with E-state index in [1.54, 1.807) is 14.2 Å². The summed E-state index contributed by atoms with van der Waals surface area (Å²) in [5.74, 6) is 6.30. The second-order valence-corrected chi connectivity index (χ2v) is 4.35. The molecular formula is C11H24N2O2. The fourth-order valence-electron chi connectivity index (χ4n) is 2.46. The highest BCUT2D eigenvalue weighted by Crippen LogP contribution is 2.28. The van der Waals surface area contributed by atoms with Gasteiger partial charge in [0.15, 0.2) is 6.29 Å². The number of ether oxygens (including phenoxy) is 2. The molecule has 1 aliphatic carbocycles. The van der Waals surface area contributed by atoms with Crippen molar-refractivity contribution in [3.05, 3.63) is 0 Å². The zero-order valence-electron chi connectivity index (χ0n) is 9.87. The molecule has 0 aliphatic heterocycles. The minimum absolute atomic E-state index is 0.100. The highest BCUT2D eigenvalue weighted by molar-refractivity contribution is 4.75. The van der Waals surface area contributed by atoms with E-state index in [-0.39, 0.29) is 12.3 Å². The zero-order valence-corrected chi connectivity index (χ0v) is 9.87. The van der Waals surface area contributed by atoms with Gasteiger partial charge in [0.1, 0.15) is 0 Å². The second-order valence-electron chi connectivity index (χ2n) is 4.35. The van der Waals surface area contributed by atoms with Crippen LogP contribution in [0, 0.1) is 5.92 Å². The summed E-state index contributed by atoms with van der Waals surface area (Å²) in [6, 6.07) is 0.100. The number of nitrogens with two attached hydrogens (primary N) is 1. The Morgan fingerprint density at radius 3 is 2.27 bits per heavy atom. The lowest BCUT2D eigenvalue weighted by molar-refractivity contribution is -0.126.